The zero-order chi connectivity index (χ0) is 11.5. The van der Waals surface area contributed by atoms with E-state index >= 15 is 0 Å². The maximum absolute atomic E-state index is 4.33. The molecule has 0 radical (unpaired) electrons. The van der Waals surface area contributed by atoms with Crippen molar-refractivity contribution in [2.75, 3.05) is 31.1 Å². The molecule has 1 aliphatic heterocycles. The number of piperazine rings is 1. The van der Waals surface area contributed by atoms with Gasteiger partial charge in [0.25, 0.3) is 0 Å². The Morgan fingerprint density at radius 1 is 1.12 bits per heavy atom. The van der Waals surface area contributed by atoms with Gasteiger partial charge in [-0.1, -0.05) is 0 Å². The molecular formula is C11H14N6. The number of nitrogens with zero attached hydrogens (tertiary/aromatic N) is 5. The van der Waals surface area contributed by atoms with Crippen LogP contribution in [0.3, 0.4) is 0 Å². The van der Waals surface area contributed by atoms with Crippen LogP contribution in [0.2, 0.25) is 0 Å². The molecule has 1 saturated heterocycles. The average Bonchev–Trinajstić information content (AvgIpc) is 2.94. The number of imidazole rings is 1. The average molecular weight is 230 g/mol. The first kappa shape index (κ1) is 10.2. The first-order valence-corrected chi connectivity index (χ1v) is 5.69. The van der Waals surface area contributed by atoms with Crippen molar-refractivity contribution in [1.29, 1.82) is 0 Å². The number of anilines is 1. The molecular weight excluding hydrogens is 216 g/mol. The van der Waals surface area contributed by atoms with Gasteiger partial charge in [0.1, 0.15) is 24.3 Å². The van der Waals surface area contributed by atoms with E-state index in [1.54, 1.807) is 18.9 Å². The van der Waals surface area contributed by atoms with E-state index in [-0.39, 0.29) is 0 Å². The van der Waals surface area contributed by atoms with Crippen molar-refractivity contribution in [3.05, 3.63) is 31.1 Å². The number of aromatic nitrogens is 4. The van der Waals surface area contributed by atoms with E-state index in [1.165, 1.54) is 0 Å². The van der Waals surface area contributed by atoms with Gasteiger partial charge in [-0.15, -0.1) is 0 Å². The molecule has 3 heterocycles. The molecule has 0 aliphatic carbocycles. The molecule has 0 bridgehead atoms. The standard InChI is InChI=1S/C11H14N6/c1-4-16(5-2-12-1)10-7-11(15-8-14-10)17-6-3-13-9-17/h3,6-9,12H,1-2,4-5H2. The summed E-state index contributed by atoms with van der Waals surface area (Å²) >= 11 is 0. The summed E-state index contributed by atoms with van der Waals surface area (Å²) in [4.78, 5) is 14.9. The van der Waals surface area contributed by atoms with Crippen molar-refractivity contribution in [2.24, 2.45) is 0 Å². The van der Waals surface area contributed by atoms with Crippen LogP contribution in [0.25, 0.3) is 5.82 Å². The number of hydrogen-bond acceptors (Lipinski definition) is 5. The molecule has 88 valence electrons. The lowest BCUT2D eigenvalue weighted by Gasteiger charge is -2.28. The molecule has 1 aliphatic rings. The summed E-state index contributed by atoms with van der Waals surface area (Å²) in [5.41, 5.74) is 0. The Balaban J connectivity index is 1.88. The van der Waals surface area contributed by atoms with Gasteiger partial charge in [-0.2, -0.15) is 0 Å². The first-order chi connectivity index (χ1) is 8.43. The third-order valence-electron chi connectivity index (χ3n) is 2.85. The van der Waals surface area contributed by atoms with Crippen LogP contribution in [-0.4, -0.2) is 45.7 Å². The third kappa shape index (κ3) is 2.12. The molecule has 0 saturated carbocycles. The zero-order valence-electron chi connectivity index (χ0n) is 9.45. The van der Waals surface area contributed by atoms with Crippen LogP contribution in [0.1, 0.15) is 0 Å². The van der Waals surface area contributed by atoms with Gasteiger partial charge in [-0.25, -0.2) is 15.0 Å². The summed E-state index contributed by atoms with van der Waals surface area (Å²) in [6.07, 6.45) is 6.97. The summed E-state index contributed by atoms with van der Waals surface area (Å²) in [6.45, 7) is 3.98. The van der Waals surface area contributed by atoms with Gasteiger partial charge in [0, 0.05) is 44.6 Å². The first-order valence-electron chi connectivity index (χ1n) is 5.69. The van der Waals surface area contributed by atoms with Gasteiger partial charge < -0.3 is 10.2 Å². The normalized spacial score (nSPS) is 16.1. The molecule has 6 nitrogen and oxygen atoms in total. The van der Waals surface area contributed by atoms with Crippen molar-refractivity contribution in [2.45, 2.75) is 0 Å². The van der Waals surface area contributed by atoms with Gasteiger partial charge >= 0.3 is 0 Å². The minimum atomic E-state index is 0.853. The highest BCUT2D eigenvalue weighted by molar-refractivity contribution is 5.43. The molecule has 1 fully saturated rings. The monoisotopic (exact) mass is 230 g/mol. The zero-order valence-corrected chi connectivity index (χ0v) is 9.45. The van der Waals surface area contributed by atoms with Gasteiger partial charge in [0.15, 0.2) is 0 Å². The lowest BCUT2D eigenvalue weighted by atomic mass is 10.3. The van der Waals surface area contributed by atoms with Gasteiger partial charge in [-0.05, 0) is 0 Å². The Morgan fingerprint density at radius 3 is 2.71 bits per heavy atom. The minimum absolute atomic E-state index is 0.853. The van der Waals surface area contributed by atoms with E-state index < -0.39 is 0 Å². The molecule has 17 heavy (non-hydrogen) atoms. The van der Waals surface area contributed by atoms with E-state index in [0.717, 1.165) is 37.8 Å². The van der Waals surface area contributed by atoms with Crippen molar-refractivity contribution in [1.82, 2.24) is 24.8 Å². The second-order valence-corrected chi connectivity index (χ2v) is 3.94. The second kappa shape index (κ2) is 4.50. The highest BCUT2D eigenvalue weighted by Gasteiger charge is 2.12. The van der Waals surface area contributed by atoms with Gasteiger partial charge in [0.05, 0.1) is 0 Å². The number of rotatable bonds is 2. The van der Waals surface area contributed by atoms with Crippen molar-refractivity contribution >= 4 is 5.82 Å². The fraction of sp³-hybridized carbons (Fsp3) is 0.364. The Morgan fingerprint density at radius 2 is 1.94 bits per heavy atom. The molecule has 0 amide bonds. The van der Waals surface area contributed by atoms with E-state index in [2.05, 4.69) is 25.2 Å². The summed E-state index contributed by atoms with van der Waals surface area (Å²) in [7, 11) is 0. The van der Waals surface area contributed by atoms with Gasteiger partial charge in [-0.3, -0.25) is 4.57 Å². The molecule has 0 aromatic carbocycles. The fourth-order valence-corrected chi connectivity index (χ4v) is 1.94. The van der Waals surface area contributed by atoms with E-state index in [0.29, 0.717) is 0 Å². The van der Waals surface area contributed by atoms with Crippen LogP contribution in [0.15, 0.2) is 31.1 Å². The molecule has 1 N–H and O–H groups in total. The molecule has 0 spiro atoms. The van der Waals surface area contributed by atoms with E-state index in [4.69, 9.17) is 0 Å². The topological polar surface area (TPSA) is 58.9 Å². The van der Waals surface area contributed by atoms with Crippen LogP contribution >= 0.6 is 0 Å². The third-order valence-corrected chi connectivity index (χ3v) is 2.85. The number of hydrogen-bond donors (Lipinski definition) is 1. The lowest BCUT2D eigenvalue weighted by Crippen LogP contribution is -2.43. The maximum atomic E-state index is 4.33. The largest absolute Gasteiger partial charge is 0.354 e. The lowest BCUT2D eigenvalue weighted by molar-refractivity contribution is 0.584. The minimum Gasteiger partial charge on any atom is -0.354 e. The Bertz CT molecular complexity index is 474. The van der Waals surface area contributed by atoms with E-state index in [9.17, 15) is 0 Å². The SMILES string of the molecule is c1cn(-c2cc(N3CCNCC3)ncn2)cn1. The highest BCUT2D eigenvalue weighted by atomic mass is 15.2. The Kier molecular flexibility index (Phi) is 2.71. The summed E-state index contributed by atoms with van der Waals surface area (Å²) in [6, 6.07) is 1.99. The van der Waals surface area contributed by atoms with Crippen molar-refractivity contribution in [3.8, 4) is 5.82 Å². The Labute approximate surface area is 99.3 Å². The van der Waals surface area contributed by atoms with Crippen LogP contribution in [0.5, 0.6) is 0 Å². The summed E-state index contributed by atoms with van der Waals surface area (Å²) < 4.78 is 1.88. The maximum Gasteiger partial charge on any atom is 0.143 e. The summed E-state index contributed by atoms with van der Waals surface area (Å²) in [5, 5.41) is 3.33. The van der Waals surface area contributed by atoms with Crippen molar-refractivity contribution in [3.63, 3.8) is 0 Å². The van der Waals surface area contributed by atoms with Crippen LogP contribution < -0.4 is 10.2 Å². The predicted molar refractivity (Wildman–Crippen MR) is 64.2 cm³/mol. The predicted octanol–water partition coefficient (Wildman–Crippen LogP) is 0.0719. The fourth-order valence-electron chi connectivity index (χ4n) is 1.94. The molecule has 0 atom stereocenters. The van der Waals surface area contributed by atoms with E-state index in [1.807, 2.05) is 16.8 Å². The quantitative estimate of drug-likeness (QED) is 0.791. The van der Waals surface area contributed by atoms with Crippen LogP contribution in [0, 0.1) is 0 Å². The van der Waals surface area contributed by atoms with Crippen LogP contribution in [0.4, 0.5) is 5.82 Å². The van der Waals surface area contributed by atoms with Crippen LogP contribution in [-0.2, 0) is 0 Å². The molecule has 0 unspecified atom stereocenters. The molecule has 2 aromatic heterocycles. The second-order valence-electron chi connectivity index (χ2n) is 3.94. The smallest absolute Gasteiger partial charge is 0.143 e. The molecule has 3 rings (SSSR count). The highest BCUT2D eigenvalue weighted by Crippen LogP contribution is 2.13. The van der Waals surface area contributed by atoms with Gasteiger partial charge in [0.2, 0.25) is 0 Å². The molecule has 6 heteroatoms. The summed E-state index contributed by atoms with van der Waals surface area (Å²) in [5.74, 6) is 1.83. The van der Waals surface area contributed by atoms with Crippen molar-refractivity contribution < 1.29 is 0 Å². The number of nitrogens with one attached hydrogen (secondary N) is 1. The molecule has 2 aromatic rings. The Hall–Kier alpha value is -1.95.